The van der Waals surface area contributed by atoms with Crippen molar-refractivity contribution in [1.29, 1.82) is 5.26 Å². The number of nitrogens with zero attached hydrogens (tertiary/aromatic N) is 1. The third kappa shape index (κ3) is 5.83. The summed E-state index contributed by atoms with van der Waals surface area (Å²) in [4.78, 5) is 25.2. The monoisotopic (exact) mass is 548 g/mol. The number of nitrogens with one attached hydrogen (secondary N) is 1. The molecule has 0 spiro atoms. The standard InChI is InChI=1S/C33H33BN2O5/c1-32(2)33(3,4)41-34(40-32)24(19-22-10-9-11-23(18-22)30(37)16-17-35)20-36-31(38)39-21-29-27-14-7-5-12-25(27)26-13-6-8-15-28(26)29/h5-15,18-19,29H,16,20-21H2,1-4H3,(H,36,38). The maximum absolute atomic E-state index is 12.9. The van der Waals surface area contributed by atoms with Crippen molar-refractivity contribution in [3.05, 3.63) is 101 Å². The molecular weight excluding hydrogens is 515 g/mol. The van der Waals surface area contributed by atoms with Crippen molar-refractivity contribution in [1.82, 2.24) is 5.32 Å². The van der Waals surface area contributed by atoms with Gasteiger partial charge >= 0.3 is 13.2 Å². The Morgan fingerprint density at radius 1 is 0.951 bits per heavy atom. The largest absolute Gasteiger partial charge is 0.492 e. The molecule has 1 N–H and O–H groups in total. The molecule has 5 rings (SSSR count). The summed E-state index contributed by atoms with van der Waals surface area (Å²) in [6.07, 6.45) is 1.10. The number of amides is 1. The molecule has 8 heteroatoms. The molecule has 1 aliphatic heterocycles. The number of fused-ring (bicyclic) bond motifs is 3. The maximum atomic E-state index is 12.9. The highest BCUT2D eigenvalue weighted by Gasteiger charge is 2.52. The molecule has 41 heavy (non-hydrogen) atoms. The quantitative estimate of drug-likeness (QED) is 0.261. The van der Waals surface area contributed by atoms with E-state index in [1.807, 2.05) is 70.2 Å². The molecule has 0 unspecified atom stereocenters. The number of ketones is 1. The second-order valence-corrected chi connectivity index (χ2v) is 11.4. The van der Waals surface area contributed by atoms with Crippen molar-refractivity contribution in [3.8, 4) is 17.2 Å². The second-order valence-electron chi connectivity index (χ2n) is 11.4. The van der Waals surface area contributed by atoms with E-state index < -0.39 is 24.4 Å². The molecule has 1 aliphatic carbocycles. The van der Waals surface area contributed by atoms with Crippen molar-refractivity contribution in [2.24, 2.45) is 0 Å². The Labute approximate surface area is 241 Å². The Morgan fingerprint density at radius 2 is 1.56 bits per heavy atom. The van der Waals surface area contributed by atoms with Crippen molar-refractivity contribution in [2.45, 2.75) is 51.2 Å². The van der Waals surface area contributed by atoms with Gasteiger partial charge in [-0.1, -0.05) is 72.8 Å². The predicted molar refractivity (Wildman–Crippen MR) is 158 cm³/mol. The van der Waals surface area contributed by atoms with Crippen LogP contribution in [-0.2, 0) is 14.0 Å². The summed E-state index contributed by atoms with van der Waals surface area (Å²) in [5, 5.41) is 11.8. The minimum absolute atomic E-state index is 0.0417. The average molecular weight is 548 g/mol. The van der Waals surface area contributed by atoms with Gasteiger partial charge < -0.3 is 19.4 Å². The van der Waals surface area contributed by atoms with Crippen LogP contribution < -0.4 is 5.32 Å². The Bertz CT molecular complexity index is 1490. The first kappa shape index (κ1) is 28.3. The van der Waals surface area contributed by atoms with Gasteiger partial charge in [0.25, 0.3) is 0 Å². The fourth-order valence-corrected chi connectivity index (χ4v) is 5.21. The van der Waals surface area contributed by atoms with Crippen molar-refractivity contribution in [2.75, 3.05) is 13.2 Å². The number of ether oxygens (including phenoxy) is 1. The normalized spacial score (nSPS) is 17.0. The Balaban J connectivity index is 1.32. The van der Waals surface area contributed by atoms with Gasteiger partial charge in [-0.2, -0.15) is 5.26 Å². The van der Waals surface area contributed by atoms with Gasteiger partial charge in [0.1, 0.15) is 6.61 Å². The van der Waals surface area contributed by atoms with Gasteiger partial charge in [-0.05, 0) is 67.1 Å². The summed E-state index contributed by atoms with van der Waals surface area (Å²) in [6.45, 7) is 8.17. The minimum Gasteiger partial charge on any atom is -0.449 e. The van der Waals surface area contributed by atoms with Crippen LogP contribution in [0.1, 0.15) is 67.1 Å². The number of Topliss-reactive ketones (excluding diaryl/α,β-unsaturated/α-hetero) is 1. The molecule has 1 saturated heterocycles. The topological polar surface area (TPSA) is 97.7 Å². The van der Waals surface area contributed by atoms with Gasteiger partial charge in [0, 0.05) is 18.0 Å². The zero-order valence-corrected chi connectivity index (χ0v) is 23.8. The van der Waals surface area contributed by atoms with Crippen molar-refractivity contribution < 1.29 is 23.6 Å². The molecule has 0 radical (unpaired) electrons. The van der Waals surface area contributed by atoms with Crippen LogP contribution in [0, 0.1) is 11.3 Å². The zero-order chi connectivity index (χ0) is 29.2. The SMILES string of the molecule is CC1(C)OB(C(=Cc2cccc(C(=O)CC#N)c2)CNC(=O)OCC2c3ccccc3-c3ccccc32)OC1(C)C. The summed E-state index contributed by atoms with van der Waals surface area (Å²) in [6, 6.07) is 25.3. The van der Waals surface area contributed by atoms with E-state index in [-0.39, 0.29) is 31.3 Å². The molecule has 1 amide bonds. The van der Waals surface area contributed by atoms with E-state index >= 15 is 0 Å². The van der Waals surface area contributed by atoms with Gasteiger partial charge in [-0.25, -0.2) is 4.79 Å². The van der Waals surface area contributed by atoms with E-state index in [1.54, 1.807) is 18.2 Å². The smallest absolute Gasteiger partial charge is 0.449 e. The van der Waals surface area contributed by atoms with E-state index in [2.05, 4.69) is 29.6 Å². The Hall–Kier alpha value is -4.19. The maximum Gasteiger partial charge on any atom is 0.492 e. The first-order valence-corrected chi connectivity index (χ1v) is 13.7. The van der Waals surface area contributed by atoms with Gasteiger partial charge in [0.2, 0.25) is 0 Å². The lowest BCUT2D eigenvalue weighted by Gasteiger charge is -2.32. The number of alkyl carbamates (subject to hydrolysis) is 1. The molecule has 1 fully saturated rings. The lowest BCUT2D eigenvalue weighted by molar-refractivity contribution is 0.00578. The second kappa shape index (κ2) is 11.4. The first-order valence-electron chi connectivity index (χ1n) is 13.7. The third-order valence-corrected chi connectivity index (χ3v) is 8.14. The zero-order valence-electron chi connectivity index (χ0n) is 23.8. The number of benzene rings is 3. The van der Waals surface area contributed by atoms with Crippen LogP contribution in [0.25, 0.3) is 17.2 Å². The summed E-state index contributed by atoms with van der Waals surface area (Å²) in [5.41, 5.74) is 5.30. The van der Waals surface area contributed by atoms with E-state index in [4.69, 9.17) is 19.3 Å². The van der Waals surface area contributed by atoms with Crippen LogP contribution in [0.3, 0.4) is 0 Å². The van der Waals surface area contributed by atoms with Crippen LogP contribution in [0.4, 0.5) is 4.79 Å². The van der Waals surface area contributed by atoms with E-state index in [0.717, 1.165) is 16.7 Å². The van der Waals surface area contributed by atoms with Gasteiger partial charge in [-0.15, -0.1) is 0 Å². The molecule has 3 aromatic rings. The van der Waals surface area contributed by atoms with Crippen molar-refractivity contribution >= 4 is 25.1 Å². The number of hydrogen-bond donors (Lipinski definition) is 1. The highest BCUT2D eigenvalue weighted by atomic mass is 16.7. The fraction of sp³-hybridized carbons (Fsp3) is 0.303. The number of hydrogen-bond acceptors (Lipinski definition) is 6. The first-order chi connectivity index (χ1) is 19.6. The molecular formula is C33H33BN2O5. The fourth-order valence-electron chi connectivity index (χ4n) is 5.21. The Kier molecular flexibility index (Phi) is 7.85. The van der Waals surface area contributed by atoms with Gasteiger partial charge in [0.15, 0.2) is 5.78 Å². The lowest BCUT2D eigenvalue weighted by atomic mass is 9.77. The number of nitriles is 1. The molecule has 7 nitrogen and oxygen atoms in total. The third-order valence-electron chi connectivity index (χ3n) is 8.14. The van der Waals surface area contributed by atoms with E-state index in [1.165, 1.54) is 11.1 Å². The lowest BCUT2D eigenvalue weighted by Crippen LogP contribution is -2.41. The Morgan fingerprint density at radius 3 is 2.17 bits per heavy atom. The minimum atomic E-state index is -0.715. The molecule has 0 aromatic heterocycles. The molecule has 208 valence electrons. The average Bonchev–Trinajstić information content (AvgIpc) is 3.38. The number of rotatable bonds is 8. The molecule has 3 aromatic carbocycles. The summed E-state index contributed by atoms with van der Waals surface area (Å²) in [5.74, 6) is -0.295. The van der Waals surface area contributed by atoms with E-state index in [9.17, 15) is 9.59 Å². The number of carbonyl (C=O) groups excluding carboxylic acids is 2. The predicted octanol–water partition coefficient (Wildman–Crippen LogP) is 6.34. The highest BCUT2D eigenvalue weighted by Crippen LogP contribution is 2.44. The van der Waals surface area contributed by atoms with Crippen molar-refractivity contribution in [3.63, 3.8) is 0 Å². The van der Waals surface area contributed by atoms with Crippen LogP contribution in [0.5, 0.6) is 0 Å². The van der Waals surface area contributed by atoms with E-state index in [0.29, 0.717) is 11.0 Å². The summed E-state index contributed by atoms with van der Waals surface area (Å²) in [7, 11) is -0.715. The van der Waals surface area contributed by atoms with Crippen LogP contribution in [0.2, 0.25) is 0 Å². The molecule has 1 heterocycles. The van der Waals surface area contributed by atoms with Crippen LogP contribution in [-0.4, -0.2) is 43.3 Å². The van der Waals surface area contributed by atoms with Gasteiger partial charge in [0.05, 0.1) is 23.7 Å². The van der Waals surface area contributed by atoms with Crippen LogP contribution >= 0.6 is 0 Å². The van der Waals surface area contributed by atoms with Crippen LogP contribution in [0.15, 0.2) is 78.3 Å². The molecule has 0 bridgehead atoms. The summed E-state index contributed by atoms with van der Waals surface area (Å²) >= 11 is 0. The molecule has 0 atom stereocenters. The summed E-state index contributed by atoms with van der Waals surface area (Å²) < 4.78 is 18.3. The number of carbonyl (C=O) groups is 2. The van der Waals surface area contributed by atoms with Gasteiger partial charge in [-0.3, -0.25) is 4.79 Å². The highest BCUT2D eigenvalue weighted by molar-refractivity contribution is 6.56. The molecule has 2 aliphatic rings. The molecule has 0 saturated carbocycles.